The van der Waals surface area contributed by atoms with E-state index in [4.69, 9.17) is 0 Å². The van der Waals surface area contributed by atoms with Crippen LogP contribution in [0.2, 0.25) is 0 Å². The first kappa shape index (κ1) is 16.8. The average molecular weight is 344 g/mol. The molecule has 0 aliphatic rings. The van der Waals surface area contributed by atoms with Gasteiger partial charge in [0.1, 0.15) is 17.2 Å². The second kappa shape index (κ2) is 6.86. The number of aromatic amines is 1. The Morgan fingerprint density at radius 3 is 2.92 bits per heavy atom. The van der Waals surface area contributed by atoms with Gasteiger partial charge in [-0.25, -0.2) is 9.37 Å². The molecule has 0 saturated carbocycles. The molecule has 2 aromatic heterocycles. The number of benzene rings is 1. The van der Waals surface area contributed by atoms with Crippen LogP contribution in [-0.2, 0) is 13.6 Å². The van der Waals surface area contributed by atoms with Gasteiger partial charge in [0.25, 0.3) is 5.91 Å². The number of aryl methyl sites for hydroxylation is 1. The number of aliphatic hydroxyl groups is 1. The van der Waals surface area contributed by atoms with Crippen molar-refractivity contribution in [1.29, 1.82) is 0 Å². The topological polar surface area (TPSA) is 91.2 Å². The summed E-state index contributed by atoms with van der Waals surface area (Å²) in [5.41, 5.74) is -0.608. The second-order valence-electron chi connectivity index (χ2n) is 5.60. The fourth-order valence-corrected chi connectivity index (χ4v) is 2.64. The number of H-pyrrole nitrogens is 1. The summed E-state index contributed by atoms with van der Waals surface area (Å²) in [6, 6.07) is 4.11. The minimum atomic E-state index is -0.561. The van der Waals surface area contributed by atoms with Crippen LogP contribution in [-0.4, -0.2) is 43.6 Å². The van der Waals surface area contributed by atoms with E-state index in [9.17, 15) is 19.1 Å². The van der Waals surface area contributed by atoms with Crippen molar-refractivity contribution >= 4 is 16.8 Å². The first-order valence-corrected chi connectivity index (χ1v) is 7.69. The summed E-state index contributed by atoms with van der Waals surface area (Å²) in [6.45, 7) is -0.0634. The summed E-state index contributed by atoms with van der Waals surface area (Å²) in [7, 11) is 1.79. The van der Waals surface area contributed by atoms with Crippen molar-refractivity contribution in [2.45, 2.75) is 6.54 Å². The molecule has 0 saturated heterocycles. The largest absolute Gasteiger partial charge is 0.395 e. The summed E-state index contributed by atoms with van der Waals surface area (Å²) in [5.74, 6) is -0.497. The van der Waals surface area contributed by atoms with E-state index >= 15 is 0 Å². The van der Waals surface area contributed by atoms with Gasteiger partial charge in [-0.05, 0) is 12.1 Å². The molecule has 3 rings (SSSR count). The van der Waals surface area contributed by atoms with Crippen LogP contribution in [0.4, 0.5) is 4.39 Å². The van der Waals surface area contributed by atoms with Crippen LogP contribution in [0.25, 0.3) is 10.9 Å². The van der Waals surface area contributed by atoms with Crippen molar-refractivity contribution < 1.29 is 14.3 Å². The zero-order valence-corrected chi connectivity index (χ0v) is 13.6. The molecule has 1 amide bonds. The second-order valence-corrected chi connectivity index (χ2v) is 5.60. The average Bonchev–Trinajstić information content (AvgIpc) is 3.00. The Kier molecular flexibility index (Phi) is 4.62. The summed E-state index contributed by atoms with van der Waals surface area (Å²) < 4.78 is 15.5. The molecular formula is C17H17FN4O3. The quantitative estimate of drug-likeness (QED) is 0.723. The smallest absolute Gasteiger partial charge is 0.259 e. The Morgan fingerprint density at radius 2 is 2.24 bits per heavy atom. The Labute approximate surface area is 142 Å². The number of halogens is 1. The lowest BCUT2D eigenvalue weighted by molar-refractivity contribution is 0.0700. The molecule has 7 nitrogen and oxygen atoms in total. The summed E-state index contributed by atoms with van der Waals surface area (Å²) in [5, 5.41) is 9.35. The number of nitrogens with zero attached hydrogens (tertiary/aromatic N) is 3. The molecule has 0 spiro atoms. The summed E-state index contributed by atoms with van der Waals surface area (Å²) >= 11 is 0. The molecule has 8 heteroatoms. The van der Waals surface area contributed by atoms with Crippen LogP contribution < -0.4 is 5.43 Å². The number of pyridine rings is 1. The Hall–Kier alpha value is -3.00. The van der Waals surface area contributed by atoms with Gasteiger partial charge >= 0.3 is 0 Å². The zero-order valence-electron chi connectivity index (χ0n) is 13.6. The van der Waals surface area contributed by atoms with Crippen LogP contribution in [0.3, 0.4) is 0 Å². The van der Waals surface area contributed by atoms with Crippen LogP contribution in [0.15, 0.2) is 41.6 Å². The predicted octanol–water partition coefficient (Wildman–Crippen LogP) is 1.04. The van der Waals surface area contributed by atoms with E-state index in [0.29, 0.717) is 5.82 Å². The molecular weight excluding hydrogens is 327 g/mol. The van der Waals surface area contributed by atoms with Gasteiger partial charge in [-0.2, -0.15) is 0 Å². The molecule has 130 valence electrons. The van der Waals surface area contributed by atoms with E-state index in [1.807, 2.05) is 0 Å². The normalized spacial score (nSPS) is 11.0. The molecule has 0 atom stereocenters. The number of imidazole rings is 1. The number of amides is 1. The maximum absolute atomic E-state index is 13.8. The van der Waals surface area contributed by atoms with Gasteiger partial charge in [0.2, 0.25) is 5.43 Å². The third-order valence-electron chi connectivity index (χ3n) is 4.00. The van der Waals surface area contributed by atoms with Gasteiger partial charge < -0.3 is 19.6 Å². The number of carbonyl (C=O) groups excluding carboxylic acids is 1. The number of para-hydroxylation sites is 1. The van der Waals surface area contributed by atoms with Gasteiger partial charge in [-0.1, -0.05) is 6.07 Å². The highest BCUT2D eigenvalue weighted by molar-refractivity contribution is 5.97. The molecule has 0 aliphatic heterocycles. The lowest BCUT2D eigenvalue weighted by Crippen LogP contribution is -2.36. The number of aliphatic hydroxyl groups excluding tert-OH is 1. The molecule has 2 heterocycles. The number of carbonyl (C=O) groups is 1. The zero-order chi connectivity index (χ0) is 18.0. The van der Waals surface area contributed by atoms with Crippen LogP contribution >= 0.6 is 0 Å². The number of rotatable bonds is 5. The van der Waals surface area contributed by atoms with Crippen LogP contribution in [0, 0.1) is 5.82 Å². The molecule has 0 aliphatic carbocycles. The third-order valence-corrected chi connectivity index (χ3v) is 4.00. The van der Waals surface area contributed by atoms with E-state index < -0.39 is 17.2 Å². The number of aromatic nitrogens is 3. The molecule has 0 unspecified atom stereocenters. The molecule has 0 bridgehead atoms. The first-order chi connectivity index (χ1) is 12.0. The van der Waals surface area contributed by atoms with E-state index in [1.165, 1.54) is 29.3 Å². The van der Waals surface area contributed by atoms with Crippen molar-refractivity contribution in [3.05, 3.63) is 64.2 Å². The summed E-state index contributed by atoms with van der Waals surface area (Å²) in [6.07, 6.45) is 4.55. The highest BCUT2D eigenvalue weighted by Crippen LogP contribution is 2.13. The number of hydrogen-bond acceptors (Lipinski definition) is 4. The Morgan fingerprint density at radius 1 is 1.44 bits per heavy atom. The molecule has 25 heavy (non-hydrogen) atoms. The van der Waals surface area contributed by atoms with Gasteiger partial charge in [0.15, 0.2) is 0 Å². The van der Waals surface area contributed by atoms with Gasteiger partial charge in [-0.3, -0.25) is 9.59 Å². The maximum Gasteiger partial charge on any atom is 0.259 e. The monoisotopic (exact) mass is 344 g/mol. The van der Waals surface area contributed by atoms with E-state index in [-0.39, 0.29) is 36.2 Å². The molecule has 0 fully saturated rings. The molecule has 2 N–H and O–H groups in total. The van der Waals surface area contributed by atoms with E-state index in [0.717, 1.165) is 0 Å². The standard InChI is InChI=1S/C17H17FN4O3/c1-21-6-5-19-14(21)10-22(7-8-23)17(25)12-9-20-15-11(16(12)24)3-2-4-13(15)18/h2-6,9,23H,7-8,10H2,1H3,(H,20,24). The number of fused-ring (bicyclic) bond motifs is 1. The van der Waals surface area contributed by atoms with Gasteiger partial charge in [-0.15, -0.1) is 0 Å². The van der Waals surface area contributed by atoms with Crippen molar-refractivity contribution in [1.82, 2.24) is 19.4 Å². The number of hydrogen-bond donors (Lipinski definition) is 2. The van der Waals surface area contributed by atoms with E-state index in [1.54, 1.807) is 24.0 Å². The maximum atomic E-state index is 13.8. The molecule has 3 aromatic rings. The minimum absolute atomic E-state index is 0.0479. The van der Waals surface area contributed by atoms with Crippen molar-refractivity contribution in [3.63, 3.8) is 0 Å². The third kappa shape index (κ3) is 3.16. The highest BCUT2D eigenvalue weighted by atomic mass is 19.1. The van der Waals surface area contributed by atoms with Gasteiger partial charge in [0, 0.05) is 37.6 Å². The molecule has 0 radical (unpaired) electrons. The van der Waals surface area contributed by atoms with Crippen molar-refractivity contribution in [2.24, 2.45) is 7.05 Å². The Bertz CT molecular complexity index is 979. The van der Waals surface area contributed by atoms with E-state index in [2.05, 4.69) is 9.97 Å². The van der Waals surface area contributed by atoms with Crippen molar-refractivity contribution in [3.8, 4) is 0 Å². The van der Waals surface area contributed by atoms with Gasteiger partial charge in [0.05, 0.1) is 18.7 Å². The Balaban J connectivity index is 2.00. The fourth-order valence-electron chi connectivity index (χ4n) is 2.64. The fraction of sp³-hybridized carbons (Fsp3) is 0.235. The minimum Gasteiger partial charge on any atom is -0.395 e. The highest BCUT2D eigenvalue weighted by Gasteiger charge is 2.21. The van der Waals surface area contributed by atoms with Crippen molar-refractivity contribution in [2.75, 3.05) is 13.2 Å². The van der Waals surface area contributed by atoms with Crippen LogP contribution in [0.5, 0.6) is 0 Å². The SMILES string of the molecule is Cn1ccnc1CN(CCO)C(=O)c1c[nH]c2c(F)cccc2c1=O. The van der Waals surface area contributed by atoms with Crippen LogP contribution in [0.1, 0.15) is 16.2 Å². The molecule has 1 aromatic carbocycles. The first-order valence-electron chi connectivity index (χ1n) is 7.69. The lowest BCUT2D eigenvalue weighted by Gasteiger charge is -2.21. The summed E-state index contributed by atoms with van der Waals surface area (Å²) in [4.78, 5) is 33.5. The lowest BCUT2D eigenvalue weighted by atomic mass is 10.1. The number of nitrogens with one attached hydrogen (secondary N) is 1. The predicted molar refractivity (Wildman–Crippen MR) is 89.6 cm³/mol.